The van der Waals surface area contributed by atoms with Crippen molar-refractivity contribution in [2.45, 2.75) is 12.1 Å². The van der Waals surface area contributed by atoms with E-state index in [0.29, 0.717) is 5.69 Å². The fourth-order valence-electron chi connectivity index (χ4n) is 3.58. The van der Waals surface area contributed by atoms with Crippen LogP contribution in [0.25, 0.3) is 0 Å². The van der Waals surface area contributed by atoms with Crippen molar-refractivity contribution in [2.75, 3.05) is 11.9 Å². The van der Waals surface area contributed by atoms with E-state index in [4.69, 9.17) is 0 Å². The summed E-state index contributed by atoms with van der Waals surface area (Å²) in [7, 11) is 0. The topological polar surface area (TPSA) is 70.2 Å². The summed E-state index contributed by atoms with van der Waals surface area (Å²) in [4.78, 5) is 26.9. The summed E-state index contributed by atoms with van der Waals surface area (Å²) < 4.78 is 13.4. The van der Waals surface area contributed by atoms with Crippen molar-refractivity contribution >= 4 is 28.8 Å². The van der Waals surface area contributed by atoms with Crippen LogP contribution in [-0.4, -0.2) is 18.4 Å². The van der Waals surface area contributed by atoms with Gasteiger partial charge in [-0.2, -0.15) is 0 Å². The van der Waals surface area contributed by atoms with E-state index < -0.39 is 12.1 Å². The van der Waals surface area contributed by atoms with Gasteiger partial charge in [0.25, 0.3) is 0 Å². The molecule has 1 heterocycles. The molecule has 0 radical (unpaired) electrons. The van der Waals surface area contributed by atoms with Crippen molar-refractivity contribution in [2.24, 2.45) is 0 Å². The van der Waals surface area contributed by atoms with Crippen molar-refractivity contribution < 1.29 is 14.0 Å². The number of hydrogen-bond donors (Lipinski definition) is 3. The van der Waals surface area contributed by atoms with Crippen LogP contribution in [0.4, 0.5) is 10.1 Å². The Balaban J connectivity index is 1.47. The Morgan fingerprint density at radius 3 is 2.12 bits per heavy atom. The number of carbonyl (C=O) groups excluding carboxylic acids is 2. The fraction of sp³-hybridized carbons (Fsp3) is 0.111. The molecular weight excluding hydrogens is 449 g/mol. The quantitative estimate of drug-likeness (QED) is 0.318. The van der Waals surface area contributed by atoms with Gasteiger partial charge in [-0.3, -0.25) is 14.9 Å². The van der Waals surface area contributed by atoms with E-state index in [1.165, 1.54) is 23.5 Å². The average Bonchev–Trinajstić information content (AvgIpc) is 3.39. The molecule has 4 rings (SSSR count). The van der Waals surface area contributed by atoms with E-state index in [-0.39, 0.29) is 24.2 Å². The molecule has 4 aromatic rings. The Morgan fingerprint density at radius 1 is 0.794 bits per heavy atom. The number of carbonyl (C=O) groups is 2. The van der Waals surface area contributed by atoms with Crippen molar-refractivity contribution in [1.82, 2.24) is 10.6 Å². The Kier molecular flexibility index (Phi) is 7.80. The molecule has 7 heteroatoms. The Labute approximate surface area is 201 Å². The molecule has 0 spiro atoms. The smallest absolute Gasteiger partial charge is 0.246 e. The van der Waals surface area contributed by atoms with E-state index in [1.807, 2.05) is 66.0 Å². The van der Waals surface area contributed by atoms with Crippen molar-refractivity contribution in [1.29, 1.82) is 0 Å². The van der Waals surface area contributed by atoms with Gasteiger partial charge in [0.15, 0.2) is 0 Å². The largest absolute Gasteiger partial charge is 0.343 e. The first-order valence-corrected chi connectivity index (χ1v) is 11.7. The molecule has 2 unspecified atom stereocenters. The lowest BCUT2D eigenvalue weighted by Gasteiger charge is -2.21. The minimum atomic E-state index is -0.724. The van der Waals surface area contributed by atoms with E-state index >= 15 is 0 Å². The fourth-order valence-corrected chi connectivity index (χ4v) is 4.38. The molecule has 0 fully saturated rings. The van der Waals surface area contributed by atoms with Gasteiger partial charge in [0.2, 0.25) is 11.8 Å². The maximum atomic E-state index is 13.4. The van der Waals surface area contributed by atoms with Crippen LogP contribution < -0.4 is 16.0 Å². The van der Waals surface area contributed by atoms with Gasteiger partial charge in [-0.15, -0.1) is 11.3 Å². The third-order valence-electron chi connectivity index (χ3n) is 5.24. The SMILES string of the molecule is O=C(CNC(C(=O)Nc1ccccc1)c1ccccc1)NC(c1ccc(F)cc1)c1cccs1. The van der Waals surface area contributed by atoms with Crippen molar-refractivity contribution in [3.05, 3.63) is 124 Å². The minimum absolute atomic E-state index is 0.0785. The number of para-hydroxylation sites is 1. The molecule has 0 aliphatic carbocycles. The van der Waals surface area contributed by atoms with Crippen LogP contribution in [0.5, 0.6) is 0 Å². The molecule has 0 saturated heterocycles. The summed E-state index contributed by atoms with van der Waals surface area (Å²) in [5, 5.41) is 10.9. The third-order valence-corrected chi connectivity index (χ3v) is 6.18. The Morgan fingerprint density at radius 2 is 1.47 bits per heavy atom. The van der Waals surface area contributed by atoms with Gasteiger partial charge >= 0.3 is 0 Å². The van der Waals surface area contributed by atoms with Crippen LogP contribution in [-0.2, 0) is 9.59 Å². The van der Waals surface area contributed by atoms with Crippen molar-refractivity contribution in [3.63, 3.8) is 0 Å². The summed E-state index contributed by atoms with van der Waals surface area (Å²) >= 11 is 1.51. The first-order valence-electron chi connectivity index (χ1n) is 10.8. The number of hydrogen-bond acceptors (Lipinski definition) is 4. The number of anilines is 1. The predicted molar refractivity (Wildman–Crippen MR) is 133 cm³/mol. The molecule has 3 aromatic carbocycles. The summed E-state index contributed by atoms with van der Waals surface area (Å²) in [6.45, 7) is -0.0785. The van der Waals surface area contributed by atoms with Gasteiger partial charge in [-0.05, 0) is 46.8 Å². The zero-order valence-corrected chi connectivity index (χ0v) is 19.1. The van der Waals surface area contributed by atoms with E-state index in [9.17, 15) is 14.0 Å². The molecule has 3 N–H and O–H groups in total. The zero-order valence-electron chi connectivity index (χ0n) is 18.3. The van der Waals surface area contributed by atoms with Crippen LogP contribution in [0.15, 0.2) is 102 Å². The number of halogens is 1. The molecule has 0 aliphatic heterocycles. The molecule has 34 heavy (non-hydrogen) atoms. The normalized spacial score (nSPS) is 12.5. The zero-order chi connectivity index (χ0) is 23.8. The van der Waals surface area contributed by atoms with Gasteiger partial charge < -0.3 is 10.6 Å². The third kappa shape index (κ3) is 6.15. The van der Waals surface area contributed by atoms with E-state index in [2.05, 4.69) is 16.0 Å². The second kappa shape index (κ2) is 11.4. The standard InChI is InChI=1S/C27H24FN3O2S/c28-21-15-13-20(14-16-21)25(23-12-7-17-34-23)31-24(32)18-29-26(19-8-3-1-4-9-19)27(33)30-22-10-5-2-6-11-22/h1-17,25-26,29H,18H2,(H,30,33)(H,31,32). The molecule has 5 nitrogen and oxygen atoms in total. The summed E-state index contributed by atoms with van der Waals surface area (Å²) in [5.74, 6) is -0.883. The average molecular weight is 474 g/mol. The number of thiophene rings is 1. The van der Waals surface area contributed by atoms with Crippen LogP contribution in [0, 0.1) is 5.82 Å². The highest BCUT2D eigenvalue weighted by molar-refractivity contribution is 7.10. The molecule has 2 amide bonds. The summed E-state index contributed by atoms with van der Waals surface area (Å²) in [6.07, 6.45) is 0. The van der Waals surface area contributed by atoms with Gasteiger partial charge in [-0.25, -0.2) is 4.39 Å². The molecule has 0 bridgehead atoms. The first kappa shape index (κ1) is 23.4. The molecule has 172 valence electrons. The van der Waals surface area contributed by atoms with Gasteiger partial charge in [0.1, 0.15) is 11.9 Å². The van der Waals surface area contributed by atoms with Gasteiger partial charge in [0, 0.05) is 10.6 Å². The van der Waals surface area contributed by atoms with Crippen LogP contribution >= 0.6 is 11.3 Å². The molecular formula is C27H24FN3O2S. The molecule has 0 aliphatic rings. The highest BCUT2D eigenvalue weighted by atomic mass is 32.1. The van der Waals surface area contributed by atoms with Crippen LogP contribution in [0.1, 0.15) is 28.1 Å². The monoisotopic (exact) mass is 473 g/mol. The Hall–Kier alpha value is -3.81. The van der Waals surface area contributed by atoms with Gasteiger partial charge in [-0.1, -0.05) is 66.7 Å². The highest BCUT2D eigenvalue weighted by Gasteiger charge is 2.23. The number of amides is 2. The maximum absolute atomic E-state index is 13.4. The van der Waals surface area contributed by atoms with Gasteiger partial charge in [0.05, 0.1) is 12.6 Å². The predicted octanol–water partition coefficient (Wildman–Crippen LogP) is 5.06. The lowest BCUT2D eigenvalue weighted by atomic mass is 10.0. The number of benzene rings is 3. The molecule has 0 saturated carbocycles. The first-order chi connectivity index (χ1) is 16.6. The van der Waals surface area contributed by atoms with Crippen LogP contribution in [0.3, 0.4) is 0 Å². The van der Waals surface area contributed by atoms with E-state index in [1.54, 1.807) is 24.3 Å². The highest BCUT2D eigenvalue weighted by Crippen LogP contribution is 2.26. The van der Waals surface area contributed by atoms with Crippen molar-refractivity contribution in [3.8, 4) is 0 Å². The van der Waals surface area contributed by atoms with E-state index in [0.717, 1.165) is 16.0 Å². The van der Waals surface area contributed by atoms with Crippen LogP contribution in [0.2, 0.25) is 0 Å². The number of nitrogens with one attached hydrogen (secondary N) is 3. The second-order valence-electron chi connectivity index (χ2n) is 7.65. The minimum Gasteiger partial charge on any atom is -0.343 e. The second-order valence-corrected chi connectivity index (χ2v) is 8.63. The maximum Gasteiger partial charge on any atom is 0.246 e. The lowest BCUT2D eigenvalue weighted by Crippen LogP contribution is -2.41. The number of rotatable bonds is 9. The summed E-state index contributed by atoms with van der Waals surface area (Å²) in [5.41, 5.74) is 2.20. The lowest BCUT2D eigenvalue weighted by molar-refractivity contribution is -0.121. The molecule has 2 atom stereocenters. The summed E-state index contributed by atoms with van der Waals surface area (Å²) in [6, 6.07) is 27.2. The Bertz CT molecular complexity index is 1200. The molecule has 1 aromatic heterocycles.